The second kappa shape index (κ2) is 8.65. The Hall–Kier alpha value is -2.37. The molecule has 2 rings (SSSR count). The number of aromatic carboxylic acids is 1. The quantitative estimate of drug-likeness (QED) is 0.775. The van der Waals surface area contributed by atoms with Crippen molar-refractivity contribution in [2.45, 2.75) is 39.5 Å². The van der Waals surface area contributed by atoms with Crippen molar-refractivity contribution in [3.05, 3.63) is 34.9 Å². The standard InChI is InChI=1S/C19H26N2O4/c1-3-4-7-20-17(22)14-6-5-8-21(12-14)18(23)15-9-13(2)10-16(11-15)19(24)25/h9-11,14H,3-8,12H2,1-2H3,(H,20,22)(H,24,25). The van der Waals surface area contributed by atoms with E-state index in [0.29, 0.717) is 25.2 Å². The summed E-state index contributed by atoms with van der Waals surface area (Å²) in [5, 5.41) is 12.1. The van der Waals surface area contributed by atoms with Gasteiger partial charge in [0, 0.05) is 25.2 Å². The molecule has 2 N–H and O–H groups in total. The number of benzene rings is 1. The number of hydrogen-bond donors (Lipinski definition) is 2. The number of hydrogen-bond acceptors (Lipinski definition) is 3. The van der Waals surface area contributed by atoms with Crippen LogP contribution < -0.4 is 5.32 Å². The lowest BCUT2D eigenvalue weighted by molar-refractivity contribution is -0.126. The monoisotopic (exact) mass is 346 g/mol. The second-order valence-corrected chi connectivity index (χ2v) is 6.63. The van der Waals surface area contributed by atoms with Crippen molar-refractivity contribution in [2.75, 3.05) is 19.6 Å². The minimum Gasteiger partial charge on any atom is -0.478 e. The van der Waals surface area contributed by atoms with Gasteiger partial charge in [-0.25, -0.2) is 4.79 Å². The lowest BCUT2D eigenvalue weighted by Gasteiger charge is -2.32. The van der Waals surface area contributed by atoms with Gasteiger partial charge in [-0.15, -0.1) is 0 Å². The SMILES string of the molecule is CCCCNC(=O)C1CCCN(C(=O)c2cc(C)cc(C(=O)O)c2)C1. The van der Waals surface area contributed by atoms with Crippen LogP contribution in [0.15, 0.2) is 18.2 Å². The van der Waals surface area contributed by atoms with Gasteiger partial charge in [-0.3, -0.25) is 9.59 Å². The van der Waals surface area contributed by atoms with E-state index in [-0.39, 0.29) is 23.3 Å². The molecule has 0 spiro atoms. The van der Waals surface area contributed by atoms with Crippen molar-refractivity contribution in [1.82, 2.24) is 10.2 Å². The first-order valence-electron chi connectivity index (χ1n) is 8.84. The summed E-state index contributed by atoms with van der Waals surface area (Å²) in [6.07, 6.45) is 3.52. The average molecular weight is 346 g/mol. The van der Waals surface area contributed by atoms with Gasteiger partial charge in [0.2, 0.25) is 5.91 Å². The van der Waals surface area contributed by atoms with E-state index >= 15 is 0 Å². The summed E-state index contributed by atoms with van der Waals surface area (Å²) in [6.45, 7) is 5.48. The molecule has 1 atom stereocenters. The van der Waals surface area contributed by atoms with Crippen molar-refractivity contribution >= 4 is 17.8 Å². The smallest absolute Gasteiger partial charge is 0.335 e. The van der Waals surface area contributed by atoms with E-state index in [1.807, 2.05) is 0 Å². The highest BCUT2D eigenvalue weighted by Gasteiger charge is 2.29. The van der Waals surface area contributed by atoms with Crippen molar-refractivity contribution < 1.29 is 19.5 Å². The van der Waals surface area contributed by atoms with Crippen LogP contribution in [0.1, 0.15) is 58.9 Å². The number of carbonyl (C=O) groups excluding carboxylic acids is 2. The molecule has 1 heterocycles. The zero-order chi connectivity index (χ0) is 18.4. The van der Waals surface area contributed by atoms with E-state index in [4.69, 9.17) is 5.11 Å². The number of piperidine rings is 1. The summed E-state index contributed by atoms with van der Waals surface area (Å²) in [6, 6.07) is 4.64. The Bertz CT molecular complexity index is 657. The molecular weight excluding hydrogens is 320 g/mol. The molecule has 0 saturated carbocycles. The molecule has 6 nitrogen and oxygen atoms in total. The van der Waals surface area contributed by atoms with Crippen molar-refractivity contribution in [3.63, 3.8) is 0 Å². The Morgan fingerprint density at radius 2 is 1.96 bits per heavy atom. The number of carboxylic acids is 1. The fourth-order valence-electron chi connectivity index (χ4n) is 3.12. The first-order valence-corrected chi connectivity index (χ1v) is 8.84. The van der Waals surface area contributed by atoms with Crippen LogP contribution in [0.3, 0.4) is 0 Å². The van der Waals surface area contributed by atoms with E-state index in [2.05, 4.69) is 12.2 Å². The van der Waals surface area contributed by atoms with Gasteiger partial charge in [0.05, 0.1) is 11.5 Å². The van der Waals surface area contributed by atoms with Gasteiger partial charge in [0.15, 0.2) is 0 Å². The van der Waals surface area contributed by atoms with E-state index in [1.165, 1.54) is 6.07 Å². The second-order valence-electron chi connectivity index (χ2n) is 6.63. The van der Waals surface area contributed by atoms with E-state index < -0.39 is 5.97 Å². The molecule has 1 fully saturated rings. The molecule has 1 aromatic rings. The zero-order valence-electron chi connectivity index (χ0n) is 14.9. The lowest BCUT2D eigenvalue weighted by atomic mass is 9.96. The Morgan fingerprint density at radius 3 is 2.64 bits per heavy atom. The highest BCUT2D eigenvalue weighted by atomic mass is 16.4. The fraction of sp³-hybridized carbons (Fsp3) is 0.526. The number of carbonyl (C=O) groups is 3. The van der Waals surface area contributed by atoms with Gasteiger partial charge >= 0.3 is 5.97 Å². The molecule has 25 heavy (non-hydrogen) atoms. The lowest BCUT2D eigenvalue weighted by Crippen LogP contribution is -2.45. The van der Waals surface area contributed by atoms with Crippen LogP contribution in [0, 0.1) is 12.8 Å². The number of aryl methyl sites for hydroxylation is 1. The van der Waals surface area contributed by atoms with Crippen LogP contribution in [0.25, 0.3) is 0 Å². The van der Waals surface area contributed by atoms with Gasteiger partial charge in [-0.05, 0) is 49.9 Å². The largest absolute Gasteiger partial charge is 0.478 e. The Morgan fingerprint density at radius 1 is 1.24 bits per heavy atom. The van der Waals surface area contributed by atoms with Crippen LogP contribution in [-0.2, 0) is 4.79 Å². The molecule has 0 bridgehead atoms. The molecule has 2 amide bonds. The third-order valence-corrected chi connectivity index (χ3v) is 4.48. The number of amides is 2. The molecule has 0 aliphatic carbocycles. The molecule has 0 radical (unpaired) electrons. The molecule has 1 saturated heterocycles. The fourth-order valence-corrected chi connectivity index (χ4v) is 3.12. The molecule has 0 aromatic heterocycles. The summed E-state index contributed by atoms with van der Waals surface area (Å²) < 4.78 is 0. The highest BCUT2D eigenvalue weighted by molar-refractivity contribution is 5.98. The predicted octanol–water partition coefficient (Wildman–Crippen LogP) is 2.46. The summed E-state index contributed by atoms with van der Waals surface area (Å²) in [7, 11) is 0. The van der Waals surface area contributed by atoms with Gasteiger partial charge in [0.1, 0.15) is 0 Å². The summed E-state index contributed by atoms with van der Waals surface area (Å²) in [5.74, 6) is -1.46. The average Bonchev–Trinajstić information content (AvgIpc) is 2.60. The maximum absolute atomic E-state index is 12.8. The maximum Gasteiger partial charge on any atom is 0.335 e. The molecule has 1 aliphatic heterocycles. The molecule has 6 heteroatoms. The number of carboxylic acid groups (broad SMARTS) is 1. The number of nitrogens with one attached hydrogen (secondary N) is 1. The van der Waals surface area contributed by atoms with Gasteiger partial charge in [0.25, 0.3) is 5.91 Å². The minimum atomic E-state index is -1.05. The summed E-state index contributed by atoms with van der Waals surface area (Å²) in [5.41, 5.74) is 1.20. The van der Waals surface area contributed by atoms with Crippen molar-refractivity contribution in [3.8, 4) is 0 Å². The van der Waals surface area contributed by atoms with Crippen LogP contribution >= 0.6 is 0 Å². The zero-order valence-corrected chi connectivity index (χ0v) is 14.9. The molecule has 136 valence electrons. The topological polar surface area (TPSA) is 86.7 Å². The minimum absolute atomic E-state index is 0.00131. The van der Waals surface area contributed by atoms with Crippen molar-refractivity contribution in [2.24, 2.45) is 5.92 Å². The molecule has 1 unspecified atom stereocenters. The van der Waals surface area contributed by atoms with Gasteiger partial charge < -0.3 is 15.3 Å². The first kappa shape index (κ1) is 19.0. The normalized spacial score (nSPS) is 17.2. The van der Waals surface area contributed by atoms with Crippen LogP contribution in [0.5, 0.6) is 0 Å². The maximum atomic E-state index is 12.8. The van der Waals surface area contributed by atoms with E-state index in [9.17, 15) is 14.4 Å². The summed E-state index contributed by atoms with van der Waals surface area (Å²) >= 11 is 0. The third-order valence-electron chi connectivity index (χ3n) is 4.48. The van der Waals surface area contributed by atoms with E-state index in [1.54, 1.807) is 24.0 Å². The Kier molecular flexibility index (Phi) is 6.56. The van der Waals surface area contributed by atoms with Crippen LogP contribution in [-0.4, -0.2) is 47.4 Å². The highest BCUT2D eigenvalue weighted by Crippen LogP contribution is 2.20. The number of nitrogens with zero attached hydrogens (tertiary/aromatic N) is 1. The van der Waals surface area contributed by atoms with Gasteiger partial charge in [-0.1, -0.05) is 13.3 Å². The predicted molar refractivity (Wildman–Crippen MR) is 94.7 cm³/mol. The Balaban J connectivity index is 2.06. The number of rotatable bonds is 6. The number of likely N-dealkylation sites (tertiary alicyclic amines) is 1. The Labute approximate surface area is 148 Å². The molecule has 1 aromatic carbocycles. The van der Waals surface area contributed by atoms with Crippen LogP contribution in [0.2, 0.25) is 0 Å². The molecular formula is C19H26N2O4. The van der Waals surface area contributed by atoms with Crippen LogP contribution in [0.4, 0.5) is 0 Å². The number of unbranched alkanes of at least 4 members (excludes halogenated alkanes) is 1. The molecule has 1 aliphatic rings. The first-order chi connectivity index (χ1) is 11.9. The third kappa shape index (κ3) is 5.05. The summed E-state index contributed by atoms with van der Waals surface area (Å²) in [4.78, 5) is 37.9. The van der Waals surface area contributed by atoms with Crippen molar-refractivity contribution in [1.29, 1.82) is 0 Å². The van der Waals surface area contributed by atoms with E-state index in [0.717, 1.165) is 31.2 Å². The van der Waals surface area contributed by atoms with Gasteiger partial charge in [-0.2, -0.15) is 0 Å².